The Morgan fingerprint density at radius 3 is 1.02 bits per heavy atom. The molecule has 17 heteroatoms. The predicted octanol–water partition coefficient (Wildman–Crippen LogP) is 17.5. The Bertz CT molecular complexity index is 1330. The van der Waals surface area contributed by atoms with Gasteiger partial charge in [-0.25, -0.2) is 0 Å². The highest BCUT2D eigenvalue weighted by atomic mass is 127. The first-order chi connectivity index (χ1) is 19.2. The number of hydrogen-bond acceptors (Lipinski definition) is 2. The van der Waals surface area contributed by atoms with Gasteiger partial charge < -0.3 is 0 Å². The first kappa shape index (κ1) is 46.1. The molecule has 4 aromatic carbocycles. The van der Waals surface area contributed by atoms with Crippen molar-refractivity contribution in [1.82, 2.24) is 0 Å². The molecule has 0 amide bonds. The molecule has 0 unspecified atom stereocenters. The van der Waals surface area contributed by atoms with Gasteiger partial charge in [0.1, 0.15) is 0 Å². The van der Waals surface area contributed by atoms with Crippen LogP contribution in [0.4, 0.5) is 27.2 Å². The van der Waals surface area contributed by atoms with Crippen molar-refractivity contribution in [1.29, 1.82) is 0 Å². The van der Waals surface area contributed by atoms with Gasteiger partial charge in [-0.05, 0) is 102 Å². The van der Waals surface area contributed by atoms with E-state index in [4.69, 9.17) is 46.4 Å². The molecule has 250 valence electrons. The van der Waals surface area contributed by atoms with Gasteiger partial charge in [-0.15, -0.1) is 27.2 Å². The molecule has 0 spiro atoms. The lowest BCUT2D eigenvalue weighted by molar-refractivity contribution is 0.480. The van der Waals surface area contributed by atoms with Crippen LogP contribution in [-0.4, -0.2) is 4.93 Å². The third kappa shape index (κ3) is 19.0. The molecule has 0 aliphatic carbocycles. The lowest BCUT2D eigenvalue weighted by atomic mass is 10.4. The van der Waals surface area contributed by atoms with Crippen molar-refractivity contribution in [2.45, 2.75) is 34.4 Å². The quantitative estimate of drug-likeness (QED) is 0.0847. The molecule has 0 heterocycles. The Morgan fingerprint density at radius 2 is 0.773 bits per heavy atom. The summed E-state index contributed by atoms with van der Waals surface area (Å²) >= 11 is 19.4. The molecule has 0 radical (unpaired) electrons. The minimum atomic E-state index is -8.54. The maximum Gasteiger partial charge on any atom is 0.253 e. The summed E-state index contributed by atoms with van der Waals surface area (Å²) in [5.41, 5.74) is 0. The molecule has 0 fully saturated rings. The van der Waals surface area contributed by atoms with Crippen molar-refractivity contribution in [3.8, 4) is 0 Å². The van der Waals surface area contributed by atoms with Crippen LogP contribution in [-0.2, 0) is 0 Å². The van der Waals surface area contributed by atoms with E-state index >= 15 is 0 Å². The highest BCUT2D eigenvalue weighted by molar-refractivity contribution is 14.1. The van der Waals surface area contributed by atoms with Gasteiger partial charge in [0.05, 0.1) is 9.79 Å². The van der Waals surface area contributed by atoms with Crippen molar-refractivity contribution in [2.24, 2.45) is 0 Å². The van der Waals surface area contributed by atoms with E-state index in [0.29, 0.717) is 17.2 Å². The second kappa shape index (κ2) is 19.1. The smallest absolute Gasteiger partial charge is 0.120 e. The Kier molecular flexibility index (Phi) is 20.0. The van der Waals surface area contributed by atoms with Crippen molar-refractivity contribution in [3.05, 3.63) is 117 Å². The van der Waals surface area contributed by atoms with Crippen LogP contribution >= 0.6 is 122 Å². The molecule has 0 atom stereocenters. The summed E-state index contributed by atoms with van der Waals surface area (Å²) in [4.78, 5) is 2.25. The van der Waals surface area contributed by atoms with E-state index in [9.17, 15) is 27.2 Å². The van der Waals surface area contributed by atoms with Crippen LogP contribution in [0.25, 0.3) is 0 Å². The average Bonchev–Trinajstić information content (AvgIpc) is 2.90. The Hall–Kier alpha value is -0.0300. The normalized spacial score (nSPS) is 12.4. The van der Waals surface area contributed by atoms with Crippen LogP contribution in [0.3, 0.4) is 0 Å². The van der Waals surface area contributed by atoms with E-state index in [1.54, 1.807) is 21.6 Å². The molecule has 0 nitrogen and oxygen atoms in total. The predicted molar refractivity (Wildman–Crippen MR) is 196 cm³/mol. The molecule has 0 aliphatic rings. The van der Waals surface area contributed by atoms with Crippen LogP contribution in [0, 0.1) is 0 Å². The lowest BCUT2D eigenvalue weighted by Crippen LogP contribution is -2.03. The molecule has 0 saturated heterocycles. The van der Waals surface area contributed by atoms with Gasteiger partial charge in [0, 0.05) is 40.6 Å². The monoisotopic (exact) mass is 914 g/mol. The number of benzene rings is 4. The summed E-state index contributed by atoms with van der Waals surface area (Å²) in [5, 5.41) is 1.93. The Morgan fingerprint density at radius 1 is 0.523 bits per heavy atom. The molecule has 44 heavy (non-hydrogen) atoms. The first-order valence-corrected chi connectivity index (χ1v) is 20.7. The number of rotatable bonds is 5. The van der Waals surface area contributed by atoms with E-state index in [0.717, 1.165) is 34.3 Å². The van der Waals surface area contributed by atoms with Gasteiger partial charge in [-0.3, -0.25) is 0 Å². The zero-order valence-corrected chi connectivity index (χ0v) is 30.0. The highest BCUT2D eigenvalue weighted by Gasteiger charge is 2.62. The lowest BCUT2D eigenvalue weighted by Gasteiger charge is -2.42. The standard InChI is InChI=1S/C12H8Cl2S2.C6H4Cl2F4S.C6H4ClF3S.CH3I.2CH4/c13-9-1-5-11(6-2-9)15-16-12-7-3-10(14)4-8-12;7-5-1-3-6(4-2-5)13(8,9,10,11)12;7-5-1-3-6(4-2-5)11(8,9)10;1-2;;/h1-8H;1-4H;1-4H;1H3;2*1H4. The van der Waals surface area contributed by atoms with E-state index in [2.05, 4.69) is 33.3 Å². The molecule has 0 saturated carbocycles. The van der Waals surface area contributed by atoms with Gasteiger partial charge in [-0.2, -0.15) is 0 Å². The molecule has 0 aromatic heterocycles. The van der Waals surface area contributed by atoms with E-state index in [1.807, 2.05) is 53.5 Å². The Balaban J connectivity index is 0. The van der Waals surface area contributed by atoms with Gasteiger partial charge in [0.15, 0.2) is 0 Å². The van der Waals surface area contributed by atoms with Crippen LogP contribution in [0.2, 0.25) is 20.1 Å². The fraction of sp³-hybridized carbons (Fsp3) is 0.111. The van der Waals surface area contributed by atoms with Crippen LogP contribution in [0.15, 0.2) is 117 Å². The average molecular weight is 917 g/mol. The van der Waals surface area contributed by atoms with Crippen LogP contribution in [0.5, 0.6) is 0 Å². The number of halogens is 13. The number of alkyl halides is 1. The third-order valence-corrected chi connectivity index (χ3v) is 10.1. The number of hydrogen-bond donors (Lipinski definition) is 0. The van der Waals surface area contributed by atoms with Gasteiger partial charge in [-0.1, -0.05) is 105 Å². The Labute approximate surface area is 302 Å². The topological polar surface area (TPSA) is 0 Å². The minimum Gasteiger partial charge on any atom is -0.120 e. The van der Waals surface area contributed by atoms with E-state index in [-0.39, 0.29) is 19.9 Å². The molecule has 0 aliphatic heterocycles. The molecule has 0 N–H and O–H groups in total. The zero-order chi connectivity index (χ0) is 32.3. The minimum absolute atomic E-state index is 0. The second-order valence-corrected chi connectivity index (χ2v) is 16.9. The summed E-state index contributed by atoms with van der Waals surface area (Å²) < 4.78 is 85.8. The second-order valence-electron chi connectivity index (χ2n) is 7.36. The highest BCUT2D eigenvalue weighted by Crippen LogP contribution is 3.04. The van der Waals surface area contributed by atoms with Gasteiger partial charge in [0.25, 0.3) is 9.05 Å². The summed E-state index contributed by atoms with van der Waals surface area (Å²) in [5.74, 6) is 0. The summed E-state index contributed by atoms with van der Waals surface area (Å²) in [6.07, 6.45) is 0. The maximum absolute atomic E-state index is 12.5. The van der Waals surface area contributed by atoms with E-state index < -0.39 is 30.0 Å². The molecule has 4 aromatic rings. The van der Waals surface area contributed by atoms with Gasteiger partial charge in [0.2, 0.25) is 11.2 Å². The van der Waals surface area contributed by atoms with Crippen LogP contribution < -0.4 is 0 Å². The maximum atomic E-state index is 12.5. The van der Waals surface area contributed by atoms with Gasteiger partial charge >= 0.3 is 0 Å². The molecular formula is C27H27Cl5F7IS4. The van der Waals surface area contributed by atoms with Crippen molar-refractivity contribution >= 4 is 122 Å². The zero-order valence-electron chi connectivity index (χ0n) is 20.8. The van der Waals surface area contributed by atoms with Crippen molar-refractivity contribution in [2.75, 3.05) is 4.93 Å². The molecule has 4 rings (SSSR count). The first-order valence-electron chi connectivity index (χ1n) is 10.6. The molecule has 0 bridgehead atoms. The van der Waals surface area contributed by atoms with Crippen molar-refractivity contribution in [3.63, 3.8) is 0 Å². The van der Waals surface area contributed by atoms with Crippen molar-refractivity contribution < 1.29 is 27.2 Å². The van der Waals surface area contributed by atoms with Crippen LogP contribution in [0.1, 0.15) is 14.9 Å². The largest absolute Gasteiger partial charge is 0.253 e. The third-order valence-electron chi connectivity index (χ3n) is 4.20. The SMILES string of the molecule is C.C.CI.Clc1ccc(SSc2ccc(Cl)cc2)cc1.FS(F)(F)(F)(Cl)c1ccc(Cl)cc1.FS(F)(F)c1ccc(Cl)cc1. The summed E-state index contributed by atoms with van der Waals surface area (Å²) in [6, 6.07) is 22.9. The summed E-state index contributed by atoms with van der Waals surface area (Å²) in [6.45, 7) is 0. The fourth-order valence-electron chi connectivity index (χ4n) is 2.36. The fourth-order valence-corrected chi connectivity index (χ4v) is 6.20. The van der Waals surface area contributed by atoms with E-state index in [1.165, 1.54) is 21.9 Å². The molecular weight excluding hydrogens is 890 g/mol. The summed E-state index contributed by atoms with van der Waals surface area (Å²) in [7, 11) is -1.10.